The number of halogens is 1. The van der Waals surface area contributed by atoms with Crippen LogP contribution >= 0.6 is 22.6 Å². The maximum absolute atomic E-state index is 12.2. The topological polar surface area (TPSA) is 92.1 Å². The molecule has 2 amide bonds. The zero-order chi connectivity index (χ0) is 24.0. The highest BCUT2D eigenvalue weighted by Gasteiger charge is 2.19. The number of hydrogen-bond donors (Lipinski definition) is 3. The summed E-state index contributed by atoms with van der Waals surface area (Å²) in [5.41, 5.74) is 5.24. The molecule has 3 N–H and O–H groups in total. The summed E-state index contributed by atoms with van der Waals surface area (Å²) in [5.74, 6) is 0.747. The Morgan fingerprint density at radius 3 is 2.20 bits per heavy atom. The Kier molecular flexibility index (Phi) is 6.89. The molecule has 5 aromatic rings. The normalized spacial score (nSPS) is 10.8. The second-order valence-electron chi connectivity index (χ2n) is 7.84. The molecule has 0 aliphatic heterocycles. The van der Waals surface area contributed by atoms with E-state index in [0.717, 1.165) is 49.5 Å². The van der Waals surface area contributed by atoms with Crippen LogP contribution in [-0.4, -0.2) is 22.5 Å². The van der Waals surface area contributed by atoms with Crippen molar-refractivity contribution in [3.8, 4) is 11.1 Å². The third-order valence-corrected chi connectivity index (χ3v) is 6.22. The van der Waals surface area contributed by atoms with E-state index < -0.39 is 0 Å². The van der Waals surface area contributed by atoms with Crippen molar-refractivity contribution in [2.24, 2.45) is 0 Å². The quantitative estimate of drug-likeness (QED) is 0.186. The minimum absolute atomic E-state index is 0.276. The molecule has 0 atom stereocenters. The van der Waals surface area contributed by atoms with Gasteiger partial charge in [0, 0.05) is 46.1 Å². The van der Waals surface area contributed by atoms with Gasteiger partial charge >= 0.3 is 6.03 Å². The van der Waals surface area contributed by atoms with Gasteiger partial charge in [-0.25, -0.2) is 14.8 Å². The number of anilines is 3. The Balaban J connectivity index is 1.23. The van der Waals surface area contributed by atoms with Crippen LogP contribution in [0, 0.1) is 3.77 Å². The summed E-state index contributed by atoms with van der Waals surface area (Å²) < 4.78 is 6.68. The zero-order valence-electron chi connectivity index (χ0n) is 18.7. The van der Waals surface area contributed by atoms with Gasteiger partial charge in [-0.05, 0) is 41.8 Å². The fraction of sp³-hybridized carbons (Fsp3) is 0.0741. The van der Waals surface area contributed by atoms with Crippen LogP contribution in [0.2, 0.25) is 0 Å². The van der Waals surface area contributed by atoms with Gasteiger partial charge in [-0.1, -0.05) is 60.7 Å². The SMILES string of the molecule is O=C(Nc1ccccc1)Nc1ccc(CCNc2ncnc3oc(I)c(-c4ccccc4)c23)cc1. The smallest absolute Gasteiger partial charge is 0.323 e. The molecule has 174 valence electrons. The fourth-order valence-electron chi connectivity index (χ4n) is 3.80. The number of urea groups is 1. The van der Waals surface area contributed by atoms with Crippen LogP contribution in [0.4, 0.5) is 22.0 Å². The van der Waals surface area contributed by atoms with Crippen LogP contribution in [0.15, 0.2) is 95.7 Å². The first kappa shape index (κ1) is 22.9. The third kappa shape index (κ3) is 5.43. The molecule has 2 heterocycles. The van der Waals surface area contributed by atoms with Crippen molar-refractivity contribution in [3.05, 3.63) is 101 Å². The highest BCUT2D eigenvalue weighted by molar-refractivity contribution is 14.1. The van der Waals surface area contributed by atoms with E-state index in [4.69, 9.17) is 4.42 Å². The van der Waals surface area contributed by atoms with Gasteiger partial charge in [0.25, 0.3) is 0 Å². The van der Waals surface area contributed by atoms with Crippen molar-refractivity contribution in [3.63, 3.8) is 0 Å². The van der Waals surface area contributed by atoms with E-state index in [0.29, 0.717) is 12.3 Å². The summed E-state index contributed by atoms with van der Waals surface area (Å²) in [6.07, 6.45) is 2.30. The number of nitrogens with one attached hydrogen (secondary N) is 3. The van der Waals surface area contributed by atoms with E-state index in [1.807, 2.05) is 72.8 Å². The van der Waals surface area contributed by atoms with Gasteiger partial charge in [-0.3, -0.25) is 0 Å². The van der Waals surface area contributed by atoms with Crippen LogP contribution in [0.25, 0.3) is 22.2 Å². The second-order valence-corrected chi connectivity index (χ2v) is 8.82. The summed E-state index contributed by atoms with van der Waals surface area (Å²) in [6, 6.07) is 27.0. The van der Waals surface area contributed by atoms with Crippen LogP contribution in [0.1, 0.15) is 5.56 Å². The summed E-state index contributed by atoms with van der Waals surface area (Å²) >= 11 is 2.20. The standard InChI is InChI=1S/C27H22IN5O2/c28-24-22(19-7-3-1-4-8-19)23-25(30-17-31-26(23)35-24)29-16-15-18-11-13-21(14-12-18)33-27(34)32-20-9-5-2-6-10-20/h1-14,17H,15-16H2,(H,29,30,31)(H2,32,33,34). The highest BCUT2D eigenvalue weighted by Crippen LogP contribution is 2.37. The average molecular weight is 575 g/mol. The van der Waals surface area contributed by atoms with Crippen molar-refractivity contribution in [2.75, 3.05) is 22.5 Å². The molecule has 0 saturated carbocycles. The van der Waals surface area contributed by atoms with Crippen molar-refractivity contribution in [1.82, 2.24) is 9.97 Å². The van der Waals surface area contributed by atoms with Crippen LogP contribution in [0.5, 0.6) is 0 Å². The van der Waals surface area contributed by atoms with Crippen LogP contribution in [0.3, 0.4) is 0 Å². The number of carbonyl (C=O) groups excluding carboxylic acids is 1. The minimum Gasteiger partial charge on any atom is -0.431 e. The molecule has 0 unspecified atom stereocenters. The van der Waals surface area contributed by atoms with Gasteiger partial charge < -0.3 is 20.4 Å². The van der Waals surface area contributed by atoms with Crippen molar-refractivity contribution in [2.45, 2.75) is 6.42 Å². The molecular formula is C27H22IN5O2. The lowest BCUT2D eigenvalue weighted by Gasteiger charge is -2.10. The molecule has 0 fully saturated rings. The van der Waals surface area contributed by atoms with Crippen molar-refractivity contribution >= 4 is 56.9 Å². The van der Waals surface area contributed by atoms with Gasteiger partial charge in [0.05, 0.1) is 5.39 Å². The summed E-state index contributed by atoms with van der Waals surface area (Å²) in [7, 11) is 0. The van der Waals surface area contributed by atoms with Gasteiger partial charge in [0.2, 0.25) is 5.71 Å². The lowest BCUT2D eigenvalue weighted by atomic mass is 10.1. The predicted molar refractivity (Wildman–Crippen MR) is 148 cm³/mol. The predicted octanol–water partition coefficient (Wildman–Crippen LogP) is 6.79. The third-order valence-electron chi connectivity index (χ3n) is 5.46. The van der Waals surface area contributed by atoms with E-state index in [-0.39, 0.29) is 6.03 Å². The molecule has 0 bridgehead atoms. The molecular weight excluding hydrogens is 553 g/mol. The number of hydrogen-bond acceptors (Lipinski definition) is 5. The number of aromatic nitrogens is 2. The first-order valence-electron chi connectivity index (χ1n) is 11.1. The van der Waals surface area contributed by atoms with E-state index >= 15 is 0 Å². The lowest BCUT2D eigenvalue weighted by molar-refractivity contribution is 0.262. The maximum Gasteiger partial charge on any atom is 0.323 e. The highest BCUT2D eigenvalue weighted by atomic mass is 127. The van der Waals surface area contributed by atoms with Gasteiger partial charge in [-0.15, -0.1) is 0 Å². The second kappa shape index (κ2) is 10.6. The number of amides is 2. The van der Waals surface area contributed by atoms with Crippen molar-refractivity contribution < 1.29 is 9.21 Å². The molecule has 3 aromatic carbocycles. The summed E-state index contributed by atoms with van der Waals surface area (Å²) in [5, 5.41) is 9.98. The van der Waals surface area contributed by atoms with E-state index in [2.05, 4.69) is 60.6 Å². The molecule has 0 spiro atoms. The van der Waals surface area contributed by atoms with Crippen LogP contribution < -0.4 is 16.0 Å². The number of carbonyl (C=O) groups is 1. The number of nitrogens with zero attached hydrogens (tertiary/aromatic N) is 2. The number of furan rings is 1. The maximum atomic E-state index is 12.2. The summed E-state index contributed by atoms with van der Waals surface area (Å²) in [6.45, 7) is 0.684. The number of rotatable bonds is 7. The Hall–Kier alpha value is -3.92. The average Bonchev–Trinajstić information content (AvgIpc) is 3.23. The molecule has 0 saturated heterocycles. The molecule has 0 radical (unpaired) electrons. The van der Waals surface area contributed by atoms with Gasteiger partial charge in [0.1, 0.15) is 12.1 Å². The molecule has 0 aliphatic carbocycles. The van der Waals surface area contributed by atoms with E-state index in [9.17, 15) is 4.79 Å². The monoisotopic (exact) mass is 575 g/mol. The largest absolute Gasteiger partial charge is 0.431 e. The molecule has 7 nitrogen and oxygen atoms in total. The van der Waals surface area contributed by atoms with E-state index in [1.54, 1.807) is 0 Å². The molecule has 2 aromatic heterocycles. The molecule has 5 rings (SSSR count). The summed E-state index contributed by atoms with van der Waals surface area (Å²) in [4.78, 5) is 21.0. The lowest BCUT2D eigenvalue weighted by Crippen LogP contribution is -2.19. The number of fused-ring (bicyclic) bond motifs is 1. The Labute approximate surface area is 216 Å². The first-order valence-corrected chi connectivity index (χ1v) is 12.2. The molecule has 8 heteroatoms. The minimum atomic E-state index is -0.276. The van der Waals surface area contributed by atoms with Crippen LogP contribution in [-0.2, 0) is 6.42 Å². The first-order chi connectivity index (χ1) is 17.2. The Bertz CT molecular complexity index is 1440. The molecule has 35 heavy (non-hydrogen) atoms. The Morgan fingerprint density at radius 2 is 1.49 bits per heavy atom. The van der Waals surface area contributed by atoms with Crippen molar-refractivity contribution in [1.29, 1.82) is 0 Å². The number of benzene rings is 3. The number of para-hydroxylation sites is 1. The fourth-order valence-corrected chi connectivity index (χ4v) is 4.59. The van der Waals surface area contributed by atoms with E-state index in [1.165, 1.54) is 6.33 Å². The Morgan fingerprint density at radius 1 is 0.829 bits per heavy atom. The van der Waals surface area contributed by atoms with Gasteiger partial charge in [-0.2, -0.15) is 0 Å². The van der Waals surface area contributed by atoms with Gasteiger partial charge in [0.15, 0.2) is 3.77 Å². The zero-order valence-corrected chi connectivity index (χ0v) is 20.8. The molecule has 0 aliphatic rings.